The van der Waals surface area contributed by atoms with Crippen molar-refractivity contribution in [2.75, 3.05) is 7.11 Å². The molecule has 1 aromatic carbocycles. The van der Waals surface area contributed by atoms with Gasteiger partial charge in [-0.3, -0.25) is 4.79 Å². The summed E-state index contributed by atoms with van der Waals surface area (Å²) in [6.07, 6.45) is 0.434. The zero-order valence-electron chi connectivity index (χ0n) is 10.9. The van der Waals surface area contributed by atoms with Crippen LogP contribution in [0.1, 0.15) is 32.8 Å². The van der Waals surface area contributed by atoms with E-state index in [0.717, 1.165) is 11.3 Å². The maximum atomic E-state index is 11.1. The van der Waals surface area contributed by atoms with Crippen LogP contribution in [0.4, 0.5) is 0 Å². The van der Waals surface area contributed by atoms with Gasteiger partial charge in [0.05, 0.1) is 19.3 Å². The fourth-order valence-corrected chi connectivity index (χ4v) is 1.65. The lowest BCUT2D eigenvalue weighted by Gasteiger charge is -2.24. The summed E-state index contributed by atoms with van der Waals surface area (Å²) < 4.78 is 10.8. The summed E-state index contributed by atoms with van der Waals surface area (Å²) in [4.78, 5) is 11.1. The molecule has 0 N–H and O–H groups in total. The van der Waals surface area contributed by atoms with Crippen molar-refractivity contribution in [3.63, 3.8) is 0 Å². The van der Waals surface area contributed by atoms with Crippen molar-refractivity contribution < 1.29 is 14.3 Å². The lowest BCUT2D eigenvalue weighted by Crippen LogP contribution is -2.26. The maximum absolute atomic E-state index is 11.1. The molecule has 0 bridgehead atoms. The second-order valence-corrected chi connectivity index (χ2v) is 4.78. The second-order valence-electron chi connectivity index (χ2n) is 4.78. The average molecular weight is 236 g/mol. The summed E-state index contributed by atoms with van der Waals surface area (Å²) in [5, 5.41) is 0. The lowest BCUT2D eigenvalue weighted by molar-refractivity contribution is -0.124. The fraction of sp³-hybridized carbons (Fsp3) is 0.500. The Kier molecular flexibility index (Phi) is 4.70. The number of rotatable bonds is 6. The lowest BCUT2D eigenvalue weighted by atomic mass is 10.0. The number of Topliss-reactive ketones (excluding diaryl/α,β-unsaturated/α-hetero) is 1. The molecule has 0 unspecified atom stereocenters. The van der Waals surface area contributed by atoms with Crippen molar-refractivity contribution in [3.05, 3.63) is 29.8 Å². The second kappa shape index (κ2) is 5.82. The van der Waals surface area contributed by atoms with Crippen molar-refractivity contribution in [3.8, 4) is 5.75 Å². The Morgan fingerprint density at radius 1 is 1.24 bits per heavy atom. The molecule has 0 saturated heterocycles. The number of ether oxygens (including phenoxy) is 2. The van der Waals surface area contributed by atoms with Crippen molar-refractivity contribution in [1.29, 1.82) is 0 Å². The van der Waals surface area contributed by atoms with Crippen molar-refractivity contribution in [2.45, 2.75) is 39.4 Å². The molecule has 0 aromatic heterocycles. The third-order valence-corrected chi connectivity index (χ3v) is 2.46. The number of carbonyl (C=O) groups is 1. The molecule has 0 fully saturated rings. The summed E-state index contributed by atoms with van der Waals surface area (Å²) in [7, 11) is 1.64. The molecular formula is C14H20O3. The molecular weight excluding hydrogens is 216 g/mol. The molecule has 3 nitrogen and oxygen atoms in total. The molecule has 0 aliphatic rings. The van der Waals surface area contributed by atoms with E-state index in [1.54, 1.807) is 14.0 Å². The highest BCUT2D eigenvalue weighted by Gasteiger charge is 2.20. The van der Waals surface area contributed by atoms with Crippen LogP contribution < -0.4 is 4.74 Å². The average Bonchev–Trinajstić information content (AvgIpc) is 2.25. The topological polar surface area (TPSA) is 35.5 Å². The van der Waals surface area contributed by atoms with Crippen LogP contribution in [0.25, 0.3) is 0 Å². The molecule has 0 saturated carbocycles. The molecule has 3 heteroatoms. The summed E-state index contributed by atoms with van der Waals surface area (Å²) in [5.74, 6) is 0.974. The minimum Gasteiger partial charge on any atom is -0.497 e. The summed E-state index contributed by atoms with van der Waals surface area (Å²) in [6.45, 7) is 5.94. The molecule has 17 heavy (non-hydrogen) atoms. The van der Waals surface area contributed by atoms with E-state index in [9.17, 15) is 4.79 Å². The van der Waals surface area contributed by atoms with Crippen molar-refractivity contribution in [2.24, 2.45) is 0 Å². The fourth-order valence-electron chi connectivity index (χ4n) is 1.65. The first kappa shape index (κ1) is 13.7. The van der Waals surface area contributed by atoms with Gasteiger partial charge in [0.1, 0.15) is 11.5 Å². The van der Waals surface area contributed by atoms with E-state index in [-0.39, 0.29) is 5.78 Å². The van der Waals surface area contributed by atoms with Gasteiger partial charge in [0.15, 0.2) is 0 Å². The molecule has 0 heterocycles. The molecule has 0 aliphatic carbocycles. The van der Waals surface area contributed by atoms with Gasteiger partial charge < -0.3 is 9.47 Å². The first-order chi connectivity index (χ1) is 7.93. The van der Waals surface area contributed by atoms with Crippen LogP contribution in [0.3, 0.4) is 0 Å². The van der Waals surface area contributed by atoms with E-state index >= 15 is 0 Å². The molecule has 0 atom stereocenters. The van der Waals surface area contributed by atoms with Crippen LogP contribution in [-0.4, -0.2) is 18.5 Å². The summed E-state index contributed by atoms with van der Waals surface area (Å²) in [6, 6.07) is 7.72. The van der Waals surface area contributed by atoms with Crippen LogP contribution in [0.2, 0.25) is 0 Å². The van der Waals surface area contributed by atoms with E-state index in [1.165, 1.54) is 0 Å². The summed E-state index contributed by atoms with van der Waals surface area (Å²) >= 11 is 0. The SMILES string of the molecule is COc1ccc(COC(C)(C)CC(C)=O)cc1. The highest BCUT2D eigenvalue weighted by Crippen LogP contribution is 2.18. The van der Waals surface area contributed by atoms with E-state index in [2.05, 4.69) is 0 Å². The first-order valence-corrected chi connectivity index (χ1v) is 5.69. The minimum atomic E-state index is -0.411. The van der Waals surface area contributed by atoms with E-state index in [4.69, 9.17) is 9.47 Å². The molecule has 0 radical (unpaired) electrons. The van der Waals surface area contributed by atoms with Gasteiger partial charge in [-0.2, -0.15) is 0 Å². The molecule has 1 rings (SSSR count). The molecule has 0 spiro atoms. The Bertz CT molecular complexity index is 366. The van der Waals surface area contributed by atoms with Crippen LogP contribution in [0, 0.1) is 0 Å². The van der Waals surface area contributed by atoms with Crippen molar-refractivity contribution in [1.82, 2.24) is 0 Å². The third kappa shape index (κ3) is 5.00. The Morgan fingerprint density at radius 3 is 2.29 bits per heavy atom. The van der Waals surface area contributed by atoms with Crippen LogP contribution >= 0.6 is 0 Å². The largest absolute Gasteiger partial charge is 0.497 e. The zero-order valence-corrected chi connectivity index (χ0v) is 10.9. The highest BCUT2D eigenvalue weighted by molar-refractivity contribution is 5.76. The van der Waals surface area contributed by atoms with Crippen LogP contribution in [0.5, 0.6) is 5.75 Å². The van der Waals surface area contributed by atoms with Gasteiger partial charge in [-0.1, -0.05) is 12.1 Å². The standard InChI is InChI=1S/C14H20O3/c1-11(15)9-14(2,3)17-10-12-5-7-13(16-4)8-6-12/h5-8H,9-10H2,1-4H3. The molecule has 1 aromatic rings. The number of hydrogen-bond acceptors (Lipinski definition) is 3. The van der Waals surface area contributed by atoms with Gasteiger partial charge in [-0.05, 0) is 38.5 Å². The van der Waals surface area contributed by atoms with Gasteiger partial charge >= 0.3 is 0 Å². The van der Waals surface area contributed by atoms with Crippen molar-refractivity contribution >= 4 is 5.78 Å². The quantitative estimate of drug-likeness (QED) is 0.761. The number of benzene rings is 1. The maximum Gasteiger partial charge on any atom is 0.132 e. The normalized spacial score (nSPS) is 11.3. The Hall–Kier alpha value is -1.35. The molecule has 0 amide bonds. The molecule has 0 aliphatic heterocycles. The highest BCUT2D eigenvalue weighted by atomic mass is 16.5. The smallest absolute Gasteiger partial charge is 0.132 e. The summed E-state index contributed by atoms with van der Waals surface area (Å²) in [5.41, 5.74) is 0.661. The molecule has 94 valence electrons. The first-order valence-electron chi connectivity index (χ1n) is 5.69. The van der Waals surface area contributed by atoms with Gasteiger partial charge in [-0.25, -0.2) is 0 Å². The minimum absolute atomic E-state index is 0.143. The number of carbonyl (C=O) groups excluding carboxylic acids is 1. The Labute approximate surface area is 103 Å². The van der Waals surface area contributed by atoms with Gasteiger partial charge in [0.25, 0.3) is 0 Å². The Morgan fingerprint density at radius 2 is 1.82 bits per heavy atom. The van der Waals surface area contributed by atoms with Gasteiger partial charge in [0.2, 0.25) is 0 Å². The number of ketones is 1. The van der Waals surface area contributed by atoms with Gasteiger partial charge in [0, 0.05) is 6.42 Å². The van der Waals surface area contributed by atoms with E-state index in [1.807, 2.05) is 38.1 Å². The third-order valence-electron chi connectivity index (χ3n) is 2.46. The number of methoxy groups -OCH3 is 1. The van der Waals surface area contributed by atoms with E-state index < -0.39 is 5.60 Å². The number of hydrogen-bond donors (Lipinski definition) is 0. The van der Waals surface area contributed by atoms with Crippen LogP contribution in [0.15, 0.2) is 24.3 Å². The zero-order chi connectivity index (χ0) is 12.9. The van der Waals surface area contributed by atoms with E-state index in [0.29, 0.717) is 13.0 Å². The predicted molar refractivity (Wildman–Crippen MR) is 67.2 cm³/mol. The predicted octanol–water partition coefficient (Wildman–Crippen LogP) is 2.97. The van der Waals surface area contributed by atoms with Crippen LogP contribution in [-0.2, 0) is 16.1 Å². The Balaban J connectivity index is 2.51. The monoisotopic (exact) mass is 236 g/mol. The van der Waals surface area contributed by atoms with Gasteiger partial charge in [-0.15, -0.1) is 0 Å².